The maximum Gasteiger partial charge on any atom is 0.343 e. The number of hydrazine groups is 1. The van der Waals surface area contributed by atoms with E-state index in [4.69, 9.17) is 0 Å². The topological polar surface area (TPSA) is 60.0 Å². The number of hydrogen-bond donors (Lipinski definition) is 0. The normalized spacial score (nSPS) is 18.9. The maximum atomic E-state index is 13.1. The molecule has 4 rings (SSSR count). The fourth-order valence-electron chi connectivity index (χ4n) is 3.71. The number of pyridine rings is 1. The van der Waals surface area contributed by atoms with E-state index in [0.29, 0.717) is 11.5 Å². The number of nitrogens with zero attached hydrogens (tertiary/aromatic N) is 5. The predicted molar refractivity (Wildman–Crippen MR) is 100 cm³/mol. The van der Waals surface area contributed by atoms with Crippen LogP contribution in [0.3, 0.4) is 0 Å². The standard InChI is InChI=1S/C19H21N5O2/c1-13-11-14-7-4-5-8-15(14)24(13)17(25)12-23-16-9-6-10-20-18(16)21(2)22(3)19(23)26/h4-10,13H,11-12H2,1-3H3/t13-/m0/s1. The van der Waals surface area contributed by atoms with Crippen molar-refractivity contribution in [2.45, 2.75) is 19.4 Å². The Morgan fingerprint density at radius 3 is 2.65 bits per heavy atom. The van der Waals surface area contributed by atoms with Crippen LogP contribution in [0.25, 0.3) is 0 Å². The van der Waals surface area contributed by atoms with Gasteiger partial charge in [-0.1, -0.05) is 18.2 Å². The average Bonchev–Trinajstić information content (AvgIpc) is 2.99. The molecule has 26 heavy (non-hydrogen) atoms. The summed E-state index contributed by atoms with van der Waals surface area (Å²) >= 11 is 0. The first-order chi connectivity index (χ1) is 12.5. The van der Waals surface area contributed by atoms with Crippen molar-refractivity contribution in [3.63, 3.8) is 0 Å². The summed E-state index contributed by atoms with van der Waals surface area (Å²) in [6.45, 7) is 2.01. The van der Waals surface area contributed by atoms with Gasteiger partial charge in [0, 0.05) is 32.0 Å². The summed E-state index contributed by atoms with van der Waals surface area (Å²) in [6.07, 6.45) is 2.51. The lowest BCUT2D eigenvalue weighted by molar-refractivity contribution is -0.117. The molecule has 3 amide bonds. The Kier molecular flexibility index (Phi) is 3.79. The van der Waals surface area contributed by atoms with Crippen LogP contribution in [0.2, 0.25) is 0 Å². The molecular weight excluding hydrogens is 330 g/mol. The molecule has 1 atom stereocenters. The molecule has 0 unspecified atom stereocenters. The number of rotatable bonds is 2. The number of para-hydroxylation sites is 1. The molecule has 0 N–H and O–H groups in total. The van der Waals surface area contributed by atoms with Crippen LogP contribution >= 0.6 is 0 Å². The summed E-state index contributed by atoms with van der Waals surface area (Å²) in [5.74, 6) is 0.556. The number of urea groups is 1. The molecule has 7 nitrogen and oxygen atoms in total. The molecular formula is C19H21N5O2. The van der Waals surface area contributed by atoms with Crippen molar-refractivity contribution < 1.29 is 9.59 Å². The Labute approximate surface area is 152 Å². The highest BCUT2D eigenvalue weighted by Crippen LogP contribution is 2.34. The van der Waals surface area contributed by atoms with E-state index in [1.54, 1.807) is 36.3 Å². The van der Waals surface area contributed by atoms with E-state index in [0.717, 1.165) is 17.7 Å². The molecule has 0 radical (unpaired) electrons. The van der Waals surface area contributed by atoms with Gasteiger partial charge in [-0.2, -0.15) is 0 Å². The molecule has 2 aliphatic rings. The monoisotopic (exact) mass is 351 g/mol. The molecule has 0 saturated heterocycles. The summed E-state index contributed by atoms with van der Waals surface area (Å²) in [5.41, 5.74) is 2.75. The third-order valence-electron chi connectivity index (χ3n) is 5.09. The SMILES string of the molecule is C[C@H]1Cc2ccccc2N1C(=O)CN1C(=O)N(C)N(C)c2ncccc21. The molecule has 0 saturated carbocycles. The number of amides is 3. The highest BCUT2D eigenvalue weighted by Gasteiger charge is 2.37. The van der Waals surface area contributed by atoms with E-state index in [-0.39, 0.29) is 24.5 Å². The third-order valence-corrected chi connectivity index (χ3v) is 5.09. The van der Waals surface area contributed by atoms with Crippen molar-refractivity contribution in [2.24, 2.45) is 0 Å². The number of fused-ring (bicyclic) bond motifs is 2. The zero-order valence-electron chi connectivity index (χ0n) is 15.1. The molecule has 134 valence electrons. The number of aromatic nitrogens is 1. The van der Waals surface area contributed by atoms with Gasteiger partial charge in [0.2, 0.25) is 5.91 Å². The van der Waals surface area contributed by atoms with Gasteiger partial charge >= 0.3 is 6.03 Å². The fraction of sp³-hybridized carbons (Fsp3) is 0.316. The minimum absolute atomic E-state index is 0.0195. The summed E-state index contributed by atoms with van der Waals surface area (Å²) in [5, 5.41) is 3.15. The molecule has 0 spiro atoms. The van der Waals surface area contributed by atoms with Gasteiger partial charge in [-0.25, -0.2) is 14.8 Å². The van der Waals surface area contributed by atoms with Crippen molar-refractivity contribution in [3.05, 3.63) is 48.2 Å². The first-order valence-corrected chi connectivity index (χ1v) is 8.63. The predicted octanol–water partition coefficient (Wildman–Crippen LogP) is 2.28. The van der Waals surface area contributed by atoms with Crippen LogP contribution < -0.4 is 14.8 Å². The largest absolute Gasteiger partial charge is 0.343 e. The van der Waals surface area contributed by atoms with Crippen molar-refractivity contribution in [1.29, 1.82) is 0 Å². The van der Waals surface area contributed by atoms with E-state index < -0.39 is 0 Å². The first-order valence-electron chi connectivity index (χ1n) is 8.63. The van der Waals surface area contributed by atoms with Crippen LogP contribution in [0.15, 0.2) is 42.6 Å². The summed E-state index contributed by atoms with van der Waals surface area (Å²) < 4.78 is 0. The number of carbonyl (C=O) groups is 2. The van der Waals surface area contributed by atoms with Gasteiger partial charge < -0.3 is 4.90 Å². The van der Waals surface area contributed by atoms with Crippen molar-refractivity contribution in [1.82, 2.24) is 9.99 Å². The van der Waals surface area contributed by atoms with Crippen LogP contribution in [0, 0.1) is 0 Å². The Hall–Kier alpha value is -3.09. The second kappa shape index (κ2) is 6.01. The highest BCUT2D eigenvalue weighted by atomic mass is 16.2. The number of carbonyl (C=O) groups excluding carboxylic acids is 2. The minimum atomic E-state index is -0.249. The molecule has 1 aromatic heterocycles. The van der Waals surface area contributed by atoms with E-state index in [1.807, 2.05) is 37.3 Å². The molecule has 7 heteroatoms. The van der Waals surface area contributed by atoms with Gasteiger partial charge in [0.15, 0.2) is 5.82 Å². The second-order valence-corrected chi connectivity index (χ2v) is 6.71. The van der Waals surface area contributed by atoms with E-state index >= 15 is 0 Å². The number of anilines is 3. The Bertz CT molecular complexity index is 884. The molecule has 0 bridgehead atoms. The number of benzene rings is 1. The summed E-state index contributed by atoms with van der Waals surface area (Å²) in [6, 6.07) is 11.4. The number of hydrogen-bond acceptors (Lipinski definition) is 4. The molecule has 1 aromatic carbocycles. The lowest BCUT2D eigenvalue weighted by atomic mass is 10.1. The zero-order valence-corrected chi connectivity index (χ0v) is 15.1. The summed E-state index contributed by atoms with van der Waals surface area (Å²) in [7, 11) is 3.45. The average molecular weight is 351 g/mol. The van der Waals surface area contributed by atoms with Gasteiger partial charge in [-0.15, -0.1) is 0 Å². The van der Waals surface area contributed by atoms with E-state index in [9.17, 15) is 9.59 Å². The molecule has 3 heterocycles. The van der Waals surface area contributed by atoms with Crippen LogP contribution in [0.1, 0.15) is 12.5 Å². The third kappa shape index (κ3) is 2.39. The smallest absolute Gasteiger partial charge is 0.307 e. The molecule has 2 aromatic rings. The van der Waals surface area contributed by atoms with Crippen LogP contribution in [0.4, 0.5) is 22.0 Å². The summed E-state index contributed by atoms with van der Waals surface area (Å²) in [4.78, 5) is 33.6. The van der Waals surface area contributed by atoms with Crippen molar-refractivity contribution >= 4 is 29.1 Å². The molecule has 0 fully saturated rings. The van der Waals surface area contributed by atoms with Gasteiger partial charge in [0.1, 0.15) is 6.54 Å². The lowest BCUT2D eigenvalue weighted by Gasteiger charge is -2.40. The van der Waals surface area contributed by atoms with Crippen molar-refractivity contribution in [3.8, 4) is 0 Å². The van der Waals surface area contributed by atoms with Gasteiger partial charge in [-0.3, -0.25) is 14.7 Å². The Balaban J connectivity index is 1.66. The quantitative estimate of drug-likeness (QED) is 0.833. The lowest BCUT2D eigenvalue weighted by Crippen LogP contribution is -2.56. The second-order valence-electron chi connectivity index (χ2n) is 6.71. The van der Waals surface area contributed by atoms with Gasteiger partial charge in [0.25, 0.3) is 0 Å². The fourth-order valence-corrected chi connectivity index (χ4v) is 3.71. The van der Waals surface area contributed by atoms with Gasteiger partial charge in [0.05, 0.1) is 5.69 Å². The van der Waals surface area contributed by atoms with E-state index in [2.05, 4.69) is 4.98 Å². The van der Waals surface area contributed by atoms with E-state index in [1.165, 1.54) is 9.91 Å². The Morgan fingerprint density at radius 1 is 1.12 bits per heavy atom. The van der Waals surface area contributed by atoms with Gasteiger partial charge in [-0.05, 0) is 37.1 Å². The Morgan fingerprint density at radius 2 is 1.85 bits per heavy atom. The zero-order chi connectivity index (χ0) is 18.4. The molecule has 2 aliphatic heterocycles. The molecule has 0 aliphatic carbocycles. The highest BCUT2D eigenvalue weighted by molar-refractivity contribution is 6.07. The van der Waals surface area contributed by atoms with Crippen molar-refractivity contribution in [2.75, 3.05) is 35.4 Å². The first kappa shape index (κ1) is 16.4. The van der Waals surface area contributed by atoms with Crippen LogP contribution in [0.5, 0.6) is 0 Å². The maximum absolute atomic E-state index is 13.1. The minimum Gasteiger partial charge on any atom is -0.307 e. The van der Waals surface area contributed by atoms with Crippen LogP contribution in [-0.4, -0.2) is 48.6 Å². The van der Waals surface area contributed by atoms with Crippen LogP contribution in [-0.2, 0) is 11.2 Å².